The first-order chi connectivity index (χ1) is 5.25. The molecule has 0 aliphatic carbocycles. The van der Waals surface area contributed by atoms with E-state index in [9.17, 15) is 5.11 Å². The van der Waals surface area contributed by atoms with Gasteiger partial charge >= 0.3 is 0 Å². The zero-order valence-electron chi connectivity index (χ0n) is 6.99. The number of nitrogens with two attached hydrogens (primary N) is 1. The lowest BCUT2D eigenvalue weighted by atomic mass is 9.94. The van der Waals surface area contributed by atoms with E-state index in [1.165, 1.54) is 0 Å². The highest BCUT2D eigenvalue weighted by Gasteiger charge is 2.29. The Balaban J connectivity index is 2.33. The van der Waals surface area contributed by atoms with Gasteiger partial charge in [-0.1, -0.05) is 0 Å². The standard InChI is InChI=1S/C8H17NO2/c1-6-7(3-5-11-6)8(10)2-4-9/h6-8,10H,2-5,9H2,1H3/t6?,7?,8-/m0/s1. The molecule has 0 amide bonds. The van der Waals surface area contributed by atoms with Gasteiger partial charge in [0.15, 0.2) is 0 Å². The molecule has 3 nitrogen and oxygen atoms in total. The van der Waals surface area contributed by atoms with E-state index in [0.29, 0.717) is 18.9 Å². The summed E-state index contributed by atoms with van der Waals surface area (Å²) in [5.74, 6) is 0.304. The summed E-state index contributed by atoms with van der Waals surface area (Å²) in [6.45, 7) is 3.36. The lowest BCUT2D eigenvalue weighted by Gasteiger charge is -2.19. The highest BCUT2D eigenvalue weighted by molar-refractivity contribution is 4.79. The van der Waals surface area contributed by atoms with Crippen LogP contribution in [0.25, 0.3) is 0 Å². The fourth-order valence-electron chi connectivity index (χ4n) is 1.64. The Kier molecular flexibility index (Phi) is 3.30. The number of hydrogen-bond donors (Lipinski definition) is 2. The molecule has 66 valence electrons. The molecule has 1 fully saturated rings. The van der Waals surface area contributed by atoms with Crippen molar-refractivity contribution in [2.24, 2.45) is 11.7 Å². The summed E-state index contributed by atoms with van der Waals surface area (Å²) in [5.41, 5.74) is 5.34. The van der Waals surface area contributed by atoms with Crippen LogP contribution in [-0.2, 0) is 4.74 Å². The molecule has 2 unspecified atom stereocenters. The van der Waals surface area contributed by atoms with Crippen molar-refractivity contribution in [2.45, 2.75) is 32.0 Å². The highest BCUT2D eigenvalue weighted by Crippen LogP contribution is 2.24. The van der Waals surface area contributed by atoms with E-state index in [2.05, 4.69) is 0 Å². The Morgan fingerprint density at radius 3 is 2.91 bits per heavy atom. The topological polar surface area (TPSA) is 55.5 Å². The van der Waals surface area contributed by atoms with Gasteiger partial charge in [0.1, 0.15) is 0 Å². The van der Waals surface area contributed by atoms with Gasteiger partial charge in [0, 0.05) is 12.5 Å². The Morgan fingerprint density at radius 2 is 2.45 bits per heavy atom. The maximum absolute atomic E-state index is 9.56. The van der Waals surface area contributed by atoms with E-state index < -0.39 is 0 Å². The third-order valence-corrected chi connectivity index (χ3v) is 2.39. The van der Waals surface area contributed by atoms with Gasteiger partial charge in [0.05, 0.1) is 12.2 Å². The predicted molar refractivity (Wildman–Crippen MR) is 43.2 cm³/mol. The van der Waals surface area contributed by atoms with Crippen LogP contribution < -0.4 is 5.73 Å². The summed E-state index contributed by atoms with van der Waals surface area (Å²) >= 11 is 0. The van der Waals surface area contributed by atoms with E-state index >= 15 is 0 Å². The monoisotopic (exact) mass is 159 g/mol. The first-order valence-corrected chi connectivity index (χ1v) is 4.25. The normalized spacial score (nSPS) is 34.1. The van der Waals surface area contributed by atoms with Gasteiger partial charge in [-0.05, 0) is 26.3 Å². The van der Waals surface area contributed by atoms with Crippen LogP contribution in [0.1, 0.15) is 19.8 Å². The molecule has 0 aromatic carbocycles. The van der Waals surface area contributed by atoms with Gasteiger partial charge in [0.25, 0.3) is 0 Å². The van der Waals surface area contributed by atoms with Crippen molar-refractivity contribution in [1.29, 1.82) is 0 Å². The molecule has 1 aliphatic heterocycles. The number of hydrogen-bond acceptors (Lipinski definition) is 3. The largest absolute Gasteiger partial charge is 0.393 e. The van der Waals surface area contributed by atoms with Crippen molar-refractivity contribution in [3.63, 3.8) is 0 Å². The second-order valence-corrected chi connectivity index (χ2v) is 3.17. The van der Waals surface area contributed by atoms with Gasteiger partial charge < -0.3 is 15.6 Å². The van der Waals surface area contributed by atoms with Crippen LogP contribution in [0.5, 0.6) is 0 Å². The number of aliphatic hydroxyl groups excluding tert-OH is 1. The maximum Gasteiger partial charge on any atom is 0.0605 e. The lowest BCUT2D eigenvalue weighted by Crippen LogP contribution is -2.28. The summed E-state index contributed by atoms with van der Waals surface area (Å²) in [7, 11) is 0. The fraction of sp³-hybridized carbons (Fsp3) is 1.00. The van der Waals surface area contributed by atoms with Crippen molar-refractivity contribution < 1.29 is 9.84 Å². The average molecular weight is 159 g/mol. The molecule has 0 saturated carbocycles. The molecular formula is C8H17NO2. The van der Waals surface area contributed by atoms with Gasteiger partial charge in [-0.25, -0.2) is 0 Å². The van der Waals surface area contributed by atoms with E-state index in [-0.39, 0.29) is 12.2 Å². The van der Waals surface area contributed by atoms with E-state index in [1.807, 2.05) is 6.92 Å². The van der Waals surface area contributed by atoms with Crippen molar-refractivity contribution in [3.8, 4) is 0 Å². The molecule has 0 radical (unpaired) electrons. The molecule has 1 rings (SSSR count). The SMILES string of the molecule is CC1OCCC1[C@@H](O)CCN. The van der Waals surface area contributed by atoms with Crippen LogP contribution in [0.4, 0.5) is 0 Å². The number of ether oxygens (including phenoxy) is 1. The minimum atomic E-state index is -0.266. The highest BCUT2D eigenvalue weighted by atomic mass is 16.5. The average Bonchev–Trinajstić information content (AvgIpc) is 2.36. The first-order valence-electron chi connectivity index (χ1n) is 4.25. The van der Waals surface area contributed by atoms with Crippen LogP contribution in [0.15, 0.2) is 0 Å². The van der Waals surface area contributed by atoms with Crippen LogP contribution in [-0.4, -0.2) is 30.5 Å². The Hall–Kier alpha value is -0.120. The number of rotatable bonds is 3. The van der Waals surface area contributed by atoms with E-state index in [4.69, 9.17) is 10.5 Å². The summed E-state index contributed by atoms with van der Waals surface area (Å²) in [6.07, 6.45) is 1.61. The fourth-order valence-corrected chi connectivity index (χ4v) is 1.64. The second-order valence-electron chi connectivity index (χ2n) is 3.17. The molecule has 11 heavy (non-hydrogen) atoms. The second kappa shape index (κ2) is 4.04. The zero-order chi connectivity index (χ0) is 8.27. The Labute approximate surface area is 67.5 Å². The van der Waals surface area contributed by atoms with E-state index in [1.54, 1.807) is 0 Å². The summed E-state index contributed by atoms with van der Waals surface area (Å²) in [4.78, 5) is 0. The molecule has 1 saturated heterocycles. The van der Waals surface area contributed by atoms with Crippen LogP contribution in [0.2, 0.25) is 0 Å². The number of aliphatic hydroxyl groups is 1. The van der Waals surface area contributed by atoms with Gasteiger partial charge in [-0.3, -0.25) is 0 Å². The summed E-state index contributed by atoms with van der Waals surface area (Å²) in [6, 6.07) is 0. The minimum Gasteiger partial charge on any atom is -0.393 e. The Morgan fingerprint density at radius 1 is 1.73 bits per heavy atom. The zero-order valence-corrected chi connectivity index (χ0v) is 6.99. The molecule has 0 spiro atoms. The van der Waals surface area contributed by atoms with E-state index in [0.717, 1.165) is 13.0 Å². The van der Waals surface area contributed by atoms with Crippen LogP contribution in [0, 0.1) is 5.92 Å². The molecule has 3 atom stereocenters. The van der Waals surface area contributed by atoms with Gasteiger partial charge in [0.2, 0.25) is 0 Å². The molecule has 3 N–H and O–H groups in total. The third kappa shape index (κ3) is 2.15. The molecule has 0 bridgehead atoms. The molecular weight excluding hydrogens is 142 g/mol. The third-order valence-electron chi connectivity index (χ3n) is 2.39. The predicted octanol–water partition coefficient (Wildman–Crippen LogP) is 0.121. The van der Waals surface area contributed by atoms with Crippen LogP contribution >= 0.6 is 0 Å². The van der Waals surface area contributed by atoms with Crippen molar-refractivity contribution in [2.75, 3.05) is 13.2 Å². The summed E-state index contributed by atoms with van der Waals surface area (Å²) in [5, 5.41) is 9.56. The minimum absolute atomic E-state index is 0.205. The van der Waals surface area contributed by atoms with Gasteiger partial charge in [-0.2, -0.15) is 0 Å². The molecule has 1 aliphatic rings. The first kappa shape index (κ1) is 8.97. The quantitative estimate of drug-likeness (QED) is 0.615. The Bertz CT molecular complexity index is 119. The van der Waals surface area contributed by atoms with Gasteiger partial charge in [-0.15, -0.1) is 0 Å². The molecule has 0 aromatic heterocycles. The van der Waals surface area contributed by atoms with Crippen molar-refractivity contribution in [3.05, 3.63) is 0 Å². The lowest BCUT2D eigenvalue weighted by molar-refractivity contribution is 0.0409. The molecule has 0 aromatic rings. The van der Waals surface area contributed by atoms with Crippen LogP contribution in [0.3, 0.4) is 0 Å². The molecule has 3 heteroatoms. The molecule has 1 heterocycles. The van der Waals surface area contributed by atoms with Crippen molar-refractivity contribution >= 4 is 0 Å². The smallest absolute Gasteiger partial charge is 0.0605 e. The summed E-state index contributed by atoms with van der Waals surface area (Å²) < 4.78 is 5.33. The maximum atomic E-state index is 9.56. The van der Waals surface area contributed by atoms with Crippen molar-refractivity contribution in [1.82, 2.24) is 0 Å².